The Morgan fingerprint density at radius 2 is 1.87 bits per heavy atom. The summed E-state index contributed by atoms with van der Waals surface area (Å²) in [6.07, 6.45) is 0. The van der Waals surface area contributed by atoms with Gasteiger partial charge in [-0.2, -0.15) is 0 Å². The summed E-state index contributed by atoms with van der Waals surface area (Å²) >= 11 is 2.83. The summed E-state index contributed by atoms with van der Waals surface area (Å²) in [4.78, 5) is 21.7. The monoisotopic (exact) mass is 449 g/mol. The molecule has 2 aromatic heterocycles. The van der Waals surface area contributed by atoms with Crippen molar-refractivity contribution in [2.24, 2.45) is 0 Å². The molecule has 1 aliphatic rings. The molecule has 1 N–H and O–H groups in total. The van der Waals surface area contributed by atoms with Crippen molar-refractivity contribution in [1.82, 2.24) is 9.97 Å². The average Bonchev–Trinajstić information content (AvgIpc) is 3.25. The number of carbonyl (C=O) groups excluding carboxylic acids is 1. The first-order valence-electron chi connectivity index (χ1n) is 9.80. The molecule has 0 spiro atoms. The molecule has 4 aromatic rings. The summed E-state index contributed by atoms with van der Waals surface area (Å²) in [6.45, 7) is 3.09. The predicted molar refractivity (Wildman–Crippen MR) is 124 cm³/mol. The van der Waals surface area contributed by atoms with Crippen molar-refractivity contribution < 1.29 is 14.3 Å². The molecule has 0 bridgehead atoms. The number of ether oxygens (including phenoxy) is 2. The topological polar surface area (TPSA) is 73.3 Å². The van der Waals surface area contributed by atoms with Crippen LogP contribution >= 0.6 is 23.1 Å². The Labute approximate surface area is 187 Å². The van der Waals surface area contributed by atoms with E-state index in [1.54, 1.807) is 0 Å². The van der Waals surface area contributed by atoms with Gasteiger partial charge < -0.3 is 14.8 Å². The third-order valence-electron chi connectivity index (χ3n) is 4.78. The Morgan fingerprint density at radius 3 is 2.68 bits per heavy atom. The summed E-state index contributed by atoms with van der Waals surface area (Å²) in [5.41, 5.74) is 3.73. The molecule has 2 aromatic carbocycles. The van der Waals surface area contributed by atoms with Crippen molar-refractivity contribution in [1.29, 1.82) is 0 Å². The zero-order valence-corrected chi connectivity index (χ0v) is 18.4. The van der Waals surface area contributed by atoms with Crippen LogP contribution < -0.4 is 14.8 Å². The third kappa shape index (κ3) is 4.35. The molecule has 0 saturated carbocycles. The number of fused-ring (bicyclic) bond motifs is 2. The number of nitrogens with zero attached hydrogens (tertiary/aromatic N) is 2. The van der Waals surface area contributed by atoms with E-state index in [0.717, 1.165) is 38.5 Å². The second kappa shape index (κ2) is 8.56. The standard InChI is InChI=1S/C23H19N3O3S2/c1-14-9-16-10-19-20(29-8-7-28-19)11-17(16)24-22(14)30-13-21(27)26-23-25-18(12-31-23)15-5-3-2-4-6-15/h2-6,9-12H,7-8,13H2,1H3,(H,25,26,27). The zero-order valence-electron chi connectivity index (χ0n) is 16.8. The minimum atomic E-state index is -0.109. The molecular weight excluding hydrogens is 430 g/mol. The Bertz CT molecular complexity index is 1260. The van der Waals surface area contributed by atoms with E-state index in [1.165, 1.54) is 23.1 Å². The Hall–Kier alpha value is -3.10. The van der Waals surface area contributed by atoms with Crippen molar-refractivity contribution in [3.63, 3.8) is 0 Å². The van der Waals surface area contributed by atoms with Gasteiger partial charge in [0.15, 0.2) is 16.6 Å². The smallest absolute Gasteiger partial charge is 0.236 e. The van der Waals surface area contributed by atoms with Crippen molar-refractivity contribution in [2.45, 2.75) is 11.9 Å². The van der Waals surface area contributed by atoms with Crippen LogP contribution in [0, 0.1) is 6.92 Å². The minimum Gasteiger partial charge on any atom is -0.486 e. The summed E-state index contributed by atoms with van der Waals surface area (Å²) in [5.74, 6) is 1.60. The number of hydrogen-bond acceptors (Lipinski definition) is 7. The molecule has 0 atom stereocenters. The molecule has 0 saturated heterocycles. The molecular formula is C23H19N3O3S2. The zero-order chi connectivity index (χ0) is 21.2. The van der Waals surface area contributed by atoms with Crippen LogP contribution in [0.5, 0.6) is 11.5 Å². The Morgan fingerprint density at radius 1 is 1.10 bits per heavy atom. The Kier molecular flexibility index (Phi) is 5.48. The van der Waals surface area contributed by atoms with Gasteiger partial charge in [0, 0.05) is 22.4 Å². The number of aryl methyl sites for hydroxylation is 1. The predicted octanol–water partition coefficient (Wildman–Crippen LogP) is 5.17. The quantitative estimate of drug-likeness (QED) is 0.424. The van der Waals surface area contributed by atoms with Crippen LogP contribution in [0.4, 0.5) is 5.13 Å². The first-order chi connectivity index (χ1) is 15.2. The van der Waals surface area contributed by atoms with Crippen molar-refractivity contribution in [2.75, 3.05) is 24.3 Å². The van der Waals surface area contributed by atoms with E-state index in [1.807, 2.05) is 54.8 Å². The number of thiazole rings is 1. The van der Waals surface area contributed by atoms with Crippen LogP contribution in [-0.2, 0) is 4.79 Å². The lowest BCUT2D eigenvalue weighted by Gasteiger charge is -2.19. The van der Waals surface area contributed by atoms with Gasteiger partial charge in [0.05, 0.1) is 17.0 Å². The van der Waals surface area contributed by atoms with Gasteiger partial charge in [-0.1, -0.05) is 42.1 Å². The summed E-state index contributed by atoms with van der Waals surface area (Å²) in [7, 11) is 0. The molecule has 156 valence electrons. The molecule has 8 heteroatoms. The molecule has 0 aliphatic carbocycles. The first-order valence-corrected chi connectivity index (χ1v) is 11.7. The van der Waals surface area contributed by atoms with E-state index in [9.17, 15) is 4.79 Å². The number of amides is 1. The fraction of sp³-hybridized carbons (Fsp3) is 0.174. The van der Waals surface area contributed by atoms with Crippen molar-refractivity contribution in [3.05, 3.63) is 59.5 Å². The second-order valence-electron chi connectivity index (χ2n) is 7.04. The molecule has 5 rings (SSSR count). The lowest BCUT2D eigenvalue weighted by atomic mass is 10.1. The number of aromatic nitrogens is 2. The first kappa shape index (κ1) is 19.8. The van der Waals surface area contributed by atoms with Gasteiger partial charge in [0.2, 0.25) is 5.91 Å². The molecule has 0 fully saturated rings. The van der Waals surface area contributed by atoms with Crippen LogP contribution in [0.3, 0.4) is 0 Å². The van der Waals surface area contributed by atoms with Gasteiger partial charge in [-0.25, -0.2) is 9.97 Å². The lowest BCUT2D eigenvalue weighted by molar-refractivity contribution is -0.113. The maximum atomic E-state index is 12.5. The number of thioether (sulfide) groups is 1. The molecule has 31 heavy (non-hydrogen) atoms. The van der Waals surface area contributed by atoms with Gasteiger partial charge in [0.1, 0.15) is 18.2 Å². The molecule has 1 amide bonds. The van der Waals surface area contributed by atoms with E-state index in [4.69, 9.17) is 14.5 Å². The van der Waals surface area contributed by atoms with Crippen LogP contribution in [0.25, 0.3) is 22.2 Å². The van der Waals surface area contributed by atoms with E-state index in [0.29, 0.717) is 24.1 Å². The lowest BCUT2D eigenvalue weighted by Crippen LogP contribution is -2.15. The highest BCUT2D eigenvalue weighted by molar-refractivity contribution is 8.00. The molecule has 0 radical (unpaired) electrons. The van der Waals surface area contributed by atoms with Gasteiger partial charge in [-0.3, -0.25) is 4.79 Å². The van der Waals surface area contributed by atoms with E-state index in [2.05, 4.69) is 16.4 Å². The maximum absolute atomic E-state index is 12.5. The molecule has 6 nitrogen and oxygen atoms in total. The molecule has 3 heterocycles. The van der Waals surface area contributed by atoms with Crippen LogP contribution in [0.2, 0.25) is 0 Å². The van der Waals surface area contributed by atoms with E-state index in [-0.39, 0.29) is 11.7 Å². The number of benzene rings is 2. The van der Waals surface area contributed by atoms with Gasteiger partial charge in [-0.15, -0.1) is 11.3 Å². The van der Waals surface area contributed by atoms with E-state index < -0.39 is 0 Å². The summed E-state index contributed by atoms with van der Waals surface area (Å²) < 4.78 is 11.3. The van der Waals surface area contributed by atoms with Gasteiger partial charge in [-0.05, 0) is 24.6 Å². The van der Waals surface area contributed by atoms with Gasteiger partial charge in [0.25, 0.3) is 0 Å². The van der Waals surface area contributed by atoms with Crippen molar-refractivity contribution >= 4 is 45.0 Å². The van der Waals surface area contributed by atoms with Crippen LogP contribution in [-0.4, -0.2) is 34.8 Å². The fourth-order valence-corrected chi connectivity index (χ4v) is 4.83. The van der Waals surface area contributed by atoms with Gasteiger partial charge >= 0.3 is 0 Å². The number of hydrogen-bond donors (Lipinski definition) is 1. The number of pyridine rings is 1. The highest BCUT2D eigenvalue weighted by Crippen LogP contribution is 2.35. The number of anilines is 1. The minimum absolute atomic E-state index is 0.109. The molecule has 0 unspecified atom stereocenters. The van der Waals surface area contributed by atoms with Crippen molar-refractivity contribution in [3.8, 4) is 22.8 Å². The number of carbonyl (C=O) groups is 1. The van der Waals surface area contributed by atoms with Crippen LogP contribution in [0.15, 0.2) is 58.9 Å². The SMILES string of the molecule is Cc1cc2cc3c(cc2nc1SCC(=O)Nc1nc(-c2ccccc2)cs1)OCCO3. The third-order valence-corrected chi connectivity index (χ3v) is 6.63. The Balaban J connectivity index is 1.26. The van der Waals surface area contributed by atoms with E-state index >= 15 is 0 Å². The highest BCUT2D eigenvalue weighted by Gasteiger charge is 2.15. The second-order valence-corrected chi connectivity index (χ2v) is 8.86. The summed E-state index contributed by atoms with van der Waals surface area (Å²) in [5, 5.41) is 7.24. The number of nitrogens with one attached hydrogen (secondary N) is 1. The highest BCUT2D eigenvalue weighted by atomic mass is 32.2. The normalized spacial score (nSPS) is 12.7. The molecule has 1 aliphatic heterocycles. The number of rotatable bonds is 5. The average molecular weight is 450 g/mol. The largest absolute Gasteiger partial charge is 0.486 e. The fourth-order valence-electron chi connectivity index (χ4n) is 3.31. The van der Waals surface area contributed by atoms with Crippen LogP contribution in [0.1, 0.15) is 5.56 Å². The summed E-state index contributed by atoms with van der Waals surface area (Å²) in [6, 6.07) is 15.8. The maximum Gasteiger partial charge on any atom is 0.236 e.